The van der Waals surface area contributed by atoms with Gasteiger partial charge in [-0.05, 0) is 26.1 Å². The SMILES string of the molecule is CN.Cc1nnc2ccccn12. The van der Waals surface area contributed by atoms with Crippen molar-refractivity contribution in [2.75, 3.05) is 7.05 Å². The Labute approximate surface area is 71.0 Å². The zero-order valence-electron chi connectivity index (χ0n) is 7.23. The number of hydrogen-bond donors (Lipinski definition) is 1. The van der Waals surface area contributed by atoms with Gasteiger partial charge in [0.2, 0.25) is 0 Å². The minimum atomic E-state index is 0.903. The summed E-state index contributed by atoms with van der Waals surface area (Å²) in [6.07, 6.45) is 1.95. The maximum Gasteiger partial charge on any atom is 0.160 e. The van der Waals surface area contributed by atoms with E-state index in [-0.39, 0.29) is 0 Å². The third-order valence-electron chi connectivity index (χ3n) is 1.48. The summed E-state index contributed by atoms with van der Waals surface area (Å²) in [6, 6.07) is 5.84. The topological polar surface area (TPSA) is 56.2 Å². The predicted octanol–water partition coefficient (Wildman–Crippen LogP) is 0.613. The fourth-order valence-electron chi connectivity index (χ4n) is 0.961. The van der Waals surface area contributed by atoms with Gasteiger partial charge in [-0.3, -0.25) is 4.40 Å². The van der Waals surface area contributed by atoms with Crippen molar-refractivity contribution in [3.05, 3.63) is 30.2 Å². The maximum atomic E-state index is 4.50. The molecule has 0 aliphatic heterocycles. The van der Waals surface area contributed by atoms with Crippen molar-refractivity contribution in [1.82, 2.24) is 14.6 Å². The van der Waals surface area contributed by atoms with E-state index in [9.17, 15) is 0 Å². The Morgan fingerprint density at radius 3 is 2.67 bits per heavy atom. The average molecular weight is 164 g/mol. The molecule has 0 unspecified atom stereocenters. The second kappa shape index (κ2) is 3.82. The fourth-order valence-corrected chi connectivity index (χ4v) is 0.961. The Morgan fingerprint density at radius 2 is 2.00 bits per heavy atom. The normalized spacial score (nSPS) is 9.25. The first-order valence-electron chi connectivity index (χ1n) is 3.72. The van der Waals surface area contributed by atoms with E-state index in [4.69, 9.17) is 0 Å². The lowest BCUT2D eigenvalue weighted by Crippen LogP contribution is -1.84. The molecule has 4 heteroatoms. The highest BCUT2D eigenvalue weighted by atomic mass is 15.2. The molecule has 2 rings (SSSR count). The van der Waals surface area contributed by atoms with Crippen LogP contribution in [-0.2, 0) is 0 Å². The largest absolute Gasteiger partial charge is 0.333 e. The Kier molecular flexibility index (Phi) is 2.76. The van der Waals surface area contributed by atoms with E-state index in [0.29, 0.717) is 0 Å². The zero-order chi connectivity index (χ0) is 8.97. The van der Waals surface area contributed by atoms with Crippen LogP contribution in [0, 0.1) is 6.92 Å². The number of aryl methyl sites for hydroxylation is 1. The molecule has 0 bridgehead atoms. The summed E-state index contributed by atoms with van der Waals surface area (Å²) in [5.41, 5.74) is 5.40. The van der Waals surface area contributed by atoms with Gasteiger partial charge < -0.3 is 5.73 Å². The third-order valence-corrected chi connectivity index (χ3v) is 1.48. The van der Waals surface area contributed by atoms with E-state index >= 15 is 0 Å². The van der Waals surface area contributed by atoms with Gasteiger partial charge >= 0.3 is 0 Å². The molecule has 0 saturated heterocycles. The molecule has 0 radical (unpaired) electrons. The van der Waals surface area contributed by atoms with Gasteiger partial charge in [0.05, 0.1) is 0 Å². The Hall–Kier alpha value is -1.42. The molecule has 2 aromatic heterocycles. The summed E-state index contributed by atoms with van der Waals surface area (Å²) >= 11 is 0. The van der Waals surface area contributed by atoms with Crippen LogP contribution in [0.1, 0.15) is 5.82 Å². The van der Waals surface area contributed by atoms with Crippen LogP contribution in [-0.4, -0.2) is 21.6 Å². The van der Waals surface area contributed by atoms with E-state index in [1.807, 2.05) is 35.7 Å². The summed E-state index contributed by atoms with van der Waals surface area (Å²) in [6.45, 7) is 1.93. The molecule has 12 heavy (non-hydrogen) atoms. The van der Waals surface area contributed by atoms with Crippen LogP contribution in [0.3, 0.4) is 0 Å². The summed E-state index contributed by atoms with van der Waals surface area (Å²) in [5, 5.41) is 7.84. The summed E-state index contributed by atoms with van der Waals surface area (Å²) in [5.74, 6) is 0.926. The van der Waals surface area contributed by atoms with Crippen molar-refractivity contribution >= 4 is 5.65 Å². The molecule has 0 atom stereocenters. The van der Waals surface area contributed by atoms with Crippen LogP contribution < -0.4 is 5.73 Å². The Balaban J connectivity index is 0.000000336. The number of rotatable bonds is 0. The average Bonchev–Trinajstić information content (AvgIpc) is 2.53. The lowest BCUT2D eigenvalue weighted by atomic mass is 10.5. The molecule has 0 spiro atoms. The van der Waals surface area contributed by atoms with Gasteiger partial charge in [0, 0.05) is 6.20 Å². The predicted molar refractivity (Wildman–Crippen MR) is 47.8 cm³/mol. The van der Waals surface area contributed by atoms with Crippen molar-refractivity contribution in [3.63, 3.8) is 0 Å². The molecule has 64 valence electrons. The molecule has 0 aromatic carbocycles. The lowest BCUT2D eigenvalue weighted by Gasteiger charge is -1.89. The maximum absolute atomic E-state index is 4.50. The first kappa shape index (κ1) is 8.67. The number of nitrogens with two attached hydrogens (primary N) is 1. The number of aromatic nitrogens is 3. The lowest BCUT2D eigenvalue weighted by molar-refractivity contribution is 1.01. The van der Waals surface area contributed by atoms with Crippen LogP contribution in [0.15, 0.2) is 24.4 Å². The van der Waals surface area contributed by atoms with Crippen LogP contribution in [0.4, 0.5) is 0 Å². The van der Waals surface area contributed by atoms with E-state index < -0.39 is 0 Å². The van der Waals surface area contributed by atoms with Crippen molar-refractivity contribution in [2.45, 2.75) is 6.92 Å². The van der Waals surface area contributed by atoms with Crippen molar-refractivity contribution < 1.29 is 0 Å². The molecule has 2 N–H and O–H groups in total. The summed E-state index contributed by atoms with van der Waals surface area (Å²) in [4.78, 5) is 0. The van der Waals surface area contributed by atoms with Crippen molar-refractivity contribution in [1.29, 1.82) is 0 Å². The first-order valence-corrected chi connectivity index (χ1v) is 3.72. The monoisotopic (exact) mass is 164 g/mol. The van der Waals surface area contributed by atoms with Crippen molar-refractivity contribution in [3.8, 4) is 0 Å². The highest BCUT2D eigenvalue weighted by molar-refractivity contribution is 5.36. The molecule has 4 nitrogen and oxygen atoms in total. The van der Waals surface area contributed by atoms with E-state index in [0.717, 1.165) is 11.5 Å². The first-order chi connectivity index (χ1) is 5.88. The molecular formula is C8H12N4. The highest BCUT2D eigenvalue weighted by Gasteiger charge is 1.95. The quantitative estimate of drug-likeness (QED) is 0.620. The van der Waals surface area contributed by atoms with Gasteiger partial charge in [0.25, 0.3) is 0 Å². The minimum absolute atomic E-state index is 0.903. The zero-order valence-corrected chi connectivity index (χ0v) is 7.23. The molecule has 2 heterocycles. The van der Waals surface area contributed by atoms with Crippen LogP contribution in [0.2, 0.25) is 0 Å². The summed E-state index contributed by atoms with van der Waals surface area (Å²) < 4.78 is 1.94. The second-order valence-corrected chi connectivity index (χ2v) is 2.18. The van der Waals surface area contributed by atoms with Gasteiger partial charge in [-0.15, -0.1) is 10.2 Å². The number of fused-ring (bicyclic) bond motifs is 1. The molecule has 0 aliphatic carbocycles. The van der Waals surface area contributed by atoms with E-state index in [2.05, 4.69) is 15.9 Å². The molecule has 2 aromatic rings. The smallest absolute Gasteiger partial charge is 0.160 e. The van der Waals surface area contributed by atoms with Gasteiger partial charge in [-0.25, -0.2) is 0 Å². The number of pyridine rings is 1. The number of nitrogens with zero attached hydrogens (tertiary/aromatic N) is 3. The van der Waals surface area contributed by atoms with Gasteiger partial charge in [0.1, 0.15) is 5.82 Å². The van der Waals surface area contributed by atoms with Gasteiger partial charge in [0.15, 0.2) is 5.65 Å². The highest BCUT2D eigenvalue weighted by Crippen LogP contribution is 1.99. The van der Waals surface area contributed by atoms with Crippen LogP contribution in [0.5, 0.6) is 0 Å². The molecular weight excluding hydrogens is 152 g/mol. The van der Waals surface area contributed by atoms with E-state index in [1.54, 1.807) is 0 Å². The van der Waals surface area contributed by atoms with Crippen LogP contribution >= 0.6 is 0 Å². The van der Waals surface area contributed by atoms with Gasteiger partial charge in [-0.1, -0.05) is 6.07 Å². The summed E-state index contributed by atoms with van der Waals surface area (Å²) in [7, 11) is 1.50. The van der Waals surface area contributed by atoms with Crippen LogP contribution in [0.25, 0.3) is 5.65 Å². The van der Waals surface area contributed by atoms with E-state index in [1.165, 1.54) is 7.05 Å². The van der Waals surface area contributed by atoms with Gasteiger partial charge in [-0.2, -0.15) is 0 Å². The third kappa shape index (κ3) is 1.43. The molecule has 0 fully saturated rings. The van der Waals surface area contributed by atoms with Crippen molar-refractivity contribution in [2.24, 2.45) is 5.73 Å². The fraction of sp³-hybridized carbons (Fsp3) is 0.250. The minimum Gasteiger partial charge on any atom is -0.333 e. The Bertz CT molecular complexity index is 353. The molecule has 0 amide bonds. The second-order valence-electron chi connectivity index (χ2n) is 2.18. The standard InChI is InChI=1S/C7H7N3.CH5N/c1-6-8-9-7-4-2-3-5-10(6)7;1-2/h2-5H,1H3;2H2,1H3. The molecule has 0 saturated carbocycles. The molecule has 0 aliphatic rings. The Morgan fingerprint density at radius 1 is 1.25 bits per heavy atom. The number of hydrogen-bond acceptors (Lipinski definition) is 3.